The number of aryl methyl sites for hydroxylation is 1. The Hall–Kier alpha value is -1.20. The van der Waals surface area contributed by atoms with Gasteiger partial charge in [-0.1, -0.05) is 0 Å². The third-order valence-electron chi connectivity index (χ3n) is 2.11. The number of hydrogen-bond donors (Lipinski definition) is 1. The van der Waals surface area contributed by atoms with Gasteiger partial charge in [0.25, 0.3) is 0 Å². The van der Waals surface area contributed by atoms with Crippen LogP contribution in [0.2, 0.25) is 0 Å². The third-order valence-corrected chi connectivity index (χ3v) is 3.16. The Morgan fingerprint density at radius 1 is 1.47 bits per heavy atom. The first-order valence-electron chi connectivity index (χ1n) is 4.95. The van der Waals surface area contributed by atoms with Gasteiger partial charge in [-0.2, -0.15) is 5.10 Å². The van der Waals surface area contributed by atoms with Crippen LogP contribution in [0, 0.1) is 0 Å². The van der Waals surface area contributed by atoms with E-state index in [0.29, 0.717) is 0 Å². The van der Waals surface area contributed by atoms with Gasteiger partial charge in [-0.15, -0.1) is 11.3 Å². The Morgan fingerprint density at radius 3 is 3.00 bits per heavy atom. The Kier molecular flexibility index (Phi) is 3.13. The Morgan fingerprint density at radius 2 is 2.33 bits per heavy atom. The zero-order valence-corrected chi connectivity index (χ0v) is 9.71. The third kappa shape index (κ3) is 2.24. The normalized spacial score (nSPS) is 10.8. The summed E-state index contributed by atoms with van der Waals surface area (Å²) in [7, 11) is 1.94. The molecule has 0 aliphatic heterocycles. The van der Waals surface area contributed by atoms with Crippen molar-refractivity contribution in [2.75, 3.05) is 7.05 Å². The largest absolute Gasteiger partial charge is 0.315 e. The number of nitrogens with zero attached hydrogens (tertiary/aromatic N) is 3. The molecule has 0 unspecified atom stereocenters. The highest BCUT2D eigenvalue weighted by Gasteiger charge is 2.06. The summed E-state index contributed by atoms with van der Waals surface area (Å²) in [6, 6.07) is 0. The summed E-state index contributed by atoms with van der Waals surface area (Å²) in [4.78, 5) is 5.62. The first-order chi connectivity index (χ1) is 7.33. The van der Waals surface area contributed by atoms with Crippen LogP contribution in [0.5, 0.6) is 0 Å². The number of aromatic nitrogens is 3. The quantitative estimate of drug-likeness (QED) is 0.857. The number of thiazole rings is 1. The Labute approximate surface area is 93.0 Å². The van der Waals surface area contributed by atoms with Crippen LogP contribution in [-0.2, 0) is 13.1 Å². The van der Waals surface area contributed by atoms with Gasteiger partial charge in [0.2, 0.25) is 0 Å². The van der Waals surface area contributed by atoms with E-state index in [1.165, 1.54) is 4.88 Å². The molecule has 2 heterocycles. The summed E-state index contributed by atoms with van der Waals surface area (Å²) in [6.45, 7) is 3.85. The van der Waals surface area contributed by atoms with Gasteiger partial charge < -0.3 is 5.32 Å². The van der Waals surface area contributed by atoms with E-state index < -0.39 is 0 Å². The second kappa shape index (κ2) is 4.55. The zero-order valence-electron chi connectivity index (χ0n) is 8.90. The van der Waals surface area contributed by atoms with Gasteiger partial charge in [-0.05, 0) is 14.0 Å². The highest BCUT2D eigenvalue weighted by molar-refractivity contribution is 7.15. The van der Waals surface area contributed by atoms with Crippen LogP contribution in [0.1, 0.15) is 11.8 Å². The van der Waals surface area contributed by atoms with E-state index in [-0.39, 0.29) is 0 Å². The van der Waals surface area contributed by atoms with Gasteiger partial charge in [-0.25, -0.2) is 4.98 Å². The molecule has 0 saturated heterocycles. The molecule has 0 atom stereocenters. The van der Waals surface area contributed by atoms with Crippen molar-refractivity contribution in [2.24, 2.45) is 0 Å². The lowest BCUT2D eigenvalue weighted by Crippen LogP contribution is -2.02. The first kappa shape index (κ1) is 10.3. The van der Waals surface area contributed by atoms with E-state index >= 15 is 0 Å². The molecule has 4 nitrogen and oxygen atoms in total. The smallest absolute Gasteiger partial charge is 0.126 e. The molecule has 0 aromatic carbocycles. The van der Waals surface area contributed by atoms with Crippen molar-refractivity contribution in [3.05, 3.63) is 23.5 Å². The van der Waals surface area contributed by atoms with Crippen LogP contribution in [0.4, 0.5) is 0 Å². The number of hydrogen-bond acceptors (Lipinski definition) is 4. The Balaban J connectivity index is 2.21. The monoisotopic (exact) mass is 222 g/mol. The second-order valence-electron chi connectivity index (χ2n) is 3.25. The molecule has 0 amide bonds. The molecular weight excluding hydrogens is 208 g/mol. The molecule has 15 heavy (non-hydrogen) atoms. The van der Waals surface area contributed by atoms with Crippen molar-refractivity contribution < 1.29 is 0 Å². The summed E-state index contributed by atoms with van der Waals surface area (Å²) >= 11 is 1.71. The summed E-state index contributed by atoms with van der Waals surface area (Å²) in [5.74, 6) is 0. The predicted octanol–water partition coefficient (Wildman–Crippen LogP) is 1.75. The maximum absolute atomic E-state index is 4.38. The van der Waals surface area contributed by atoms with E-state index in [4.69, 9.17) is 0 Å². The number of rotatable bonds is 4. The molecule has 2 rings (SSSR count). The van der Waals surface area contributed by atoms with E-state index in [2.05, 4.69) is 22.3 Å². The maximum Gasteiger partial charge on any atom is 0.126 e. The summed E-state index contributed by atoms with van der Waals surface area (Å²) in [5.41, 5.74) is 1.10. The molecule has 0 saturated carbocycles. The van der Waals surface area contributed by atoms with Gasteiger partial charge in [-0.3, -0.25) is 4.68 Å². The molecule has 0 radical (unpaired) electrons. The molecule has 0 bridgehead atoms. The highest BCUT2D eigenvalue weighted by Crippen LogP contribution is 2.24. The van der Waals surface area contributed by atoms with Crippen LogP contribution < -0.4 is 5.32 Å². The average molecular weight is 222 g/mol. The molecule has 80 valence electrons. The number of nitrogens with one attached hydrogen (secondary N) is 1. The molecular formula is C10H14N4S. The summed E-state index contributed by atoms with van der Waals surface area (Å²) in [6.07, 6.45) is 5.81. The van der Waals surface area contributed by atoms with E-state index in [0.717, 1.165) is 23.7 Å². The van der Waals surface area contributed by atoms with Gasteiger partial charge >= 0.3 is 0 Å². The minimum atomic E-state index is 0.875. The van der Waals surface area contributed by atoms with Crippen LogP contribution >= 0.6 is 11.3 Å². The van der Waals surface area contributed by atoms with Crippen molar-refractivity contribution >= 4 is 11.3 Å². The SMILES string of the molecule is CCn1cc(-c2ncc(CNC)s2)cn1. The molecule has 0 spiro atoms. The van der Waals surface area contributed by atoms with E-state index in [1.54, 1.807) is 11.3 Å². The topological polar surface area (TPSA) is 42.7 Å². The summed E-state index contributed by atoms with van der Waals surface area (Å²) < 4.78 is 1.91. The fourth-order valence-electron chi connectivity index (χ4n) is 1.34. The van der Waals surface area contributed by atoms with Gasteiger partial charge in [0.05, 0.1) is 6.20 Å². The van der Waals surface area contributed by atoms with E-state index in [1.807, 2.05) is 30.3 Å². The molecule has 1 N–H and O–H groups in total. The fraction of sp³-hybridized carbons (Fsp3) is 0.400. The van der Waals surface area contributed by atoms with Crippen molar-refractivity contribution in [1.82, 2.24) is 20.1 Å². The van der Waals surface area contributed by atoms with Gasteiger partial charge in [0.1, 0.15) is 5.01 Å². The molecule has 0 aliphatic carbocycles. The van der Waals surface area contributed by atoms with Crippen LogP contribution in [0.3, 0.4) is 0 Å². The Bertz CT molecular complexity index is 432. The molecule has 2 aromatic heterocycles. The fourth-order valence-corrected chi connectivity index (χ4v) is 2.24. The van der Waals surface area contributed by atoms with Gasteiger partial charge in [0.15, 0.2) is 0 Å². The van der Waals surface area contributed by atoms with Crippen LogP contribution in [0.25, 0.3) is 10.6 Å². The zero-order chi connectivity index (χ0) is 10.7. The van der Waals surface area contributed by atoms with Crippen LogP contribution in [0.15, 0.2) is 18.6 Å². The minimum absolute atomic E-state index is 0.875. The first-order valence-corrected chi connectivity index (χ1v) is 5.77. The van der Waals surface area contributed by atoms with Crippen LogP contribution in [-0.4, -0.2) is 21.8 Å². The van der Waals surface area contributed by atoms with Crippen molar-refractivity contribution in [3.8, 4) is 10.6 Å². The van der Waals surface area contributed by atoms with Crippen molar-refractivity contribution in [3.63, 3.8) is 0 Å². The lowest BCUT2D eigenvalue weighted by atomic mass is 10.4. The van der Waals surface area contributed by atoms with Gasteiger partial charge in [0, 0.05) is 35.9 Å². The standard InChI is InChI=1S/C10H14N4S/c1-3-14-7-8(4-13-14)10-12-6-9(15-10)5-11-2/h4,6-7,11H,3,5H2,1-2H3. The molecule has 5 heteroatoms. The lowest BCUT2D eigenvalue weighted by molar-refractivity contribution is 0.660. The lowest BCUT2D eigenvalue weighted by Gasteiger charge is -1.91. The molecule has 0 fully saturated rings. The molecule has 2 aromatic rings. The summed E-state index contributed by atoms with van der Waals surface area (Å²) in [5, 5.41) is 8.39. The average Bonchev–Trinajstić information content (AvgIpc) is 2.85. The van der Waals surface area contributed by atoms with Crippen molar-refractivity contribution in [1.29, 1.82) is 0 Å². The minimum Gasteiger partial charge on any atom is -0.315 e. The maximum atomic E-state index is 4.38. The predicted molar refractivity (Wildman–Crippen MR) is 61.8 cm³/mol. The van der Waals surface area contributed by atoms with Crippen molar-refractivity contribution in [2.45, 2.75) is 20.0 Å². The molecule has 0 aliphatic rings. The second-order valence-corrected chi connectivity index (χ2v) is 4.36. The van der Waals surface area contributed by atoms with E-state index in [9.17, 15) is 0 Å². The highest BCUT2D eigenvalue weighted by atomic mass is 32.1.